The highest BCUT2D eigenvalue weighted by molar-refractivity contribution is 5.77. The van der Waals surface area contributed by atoms with E-state index in [1.165, 1.54) is 12.1 Å². The molecule has 0 radical (unpaired) electrons. The lowest BCUT2D eigenvalue weighted by molar-refractivity contribution is -0.123. The Morgan fingerprint density at radius 1 is 1.40 bits per heavy atom. The molecule has 4 nitrogen and oxygen atoms in total. The van der Waals surface area contributed by atoms with Gasteiger partial charge in [-0.3, -0.25) is 4.79 Å². The molecule has 1 atom stereocenters. The molecule has 0 spiro atoms. The smallest absolute Gasteiger partial charge is 0.257 e. The first-order valence-corrected chi connectivity index (χ1v) is 6.63. The van der Waals surface area contributed by atoms with E-state index in [1.807, 2.05) is 20.8 Å². The van der Waals surface area contributed by atoms with Crippen molar-refractivity contribution >= 4 is 5.91 Å². The number of aliphatic hydroxyl groups is 1. The first-order chi connectivity index (χ1) is 9.30. The van der Waals surface area contributed by atoms with Gasteiger partial charge in [-0.15, -0.1) is 0 Å². The lowest BCUT2D eigenvalue weighted by Gasteiger charge is -2.25. The summed E-state index contributed by atoms with van der Waals surface area (Å²) in [7, 11) is 0. The minimum absolute atomic E-state index is 0.0531. The molecule has 2 N–H and O–H groups in total. The number of nitrogens with one attached hydrogen (secondary N) is 1. The third-order valence-electron chi connectivity index (χ3n) is 2.94. The van der Waals surface area contributed by atoms with E-state index in [9.17, 15) is 14.3 Å². The van der Waals surface area contributed by atoms with E-state index in [0.29, 0.717) is 13.0 Å². The zero-order chi connectivity index (χ0) is 15.2. The Balaban J connectivity index is 2.26. The van der Waals surface area contributed by atoms with Crippen molar-refractivity contribution in [3.63, 3.8) is 0 Å². The molecule has 0 fully saturated rings. The highest BCUT2D eigenvalue weighted by atomic mass is 19.1. The fourth-order valence-electron chi connectivity index (χ4n) is 1.54. The Kier molecular flexibility index (Phi) is 5.95. The Labute approximate surface area is 119 Å². The molecule has 0 aliphatic carbocycles. The second kappa shape index (κ2) is 7.24. The van der Waals surface area contributed by atoms with Crippen molar-refractivity contribution in [1.29, 1.82) is 0 Å². The summed E-state index contributed by atoms with van der Waals surface area (Å²) < 4.78 is 18.3. The lowest BCUT2D eigenvalue weighted by Crippen LogP contribution is -2.34. The van der Waals surface area contributed by atoms with Gasteiger partial charge < -0.3 is 15.2 Å². The van der Waals surface area contributed by atoms with Crippen molar-refractivity contribution in [1.82, 2.24) is 5.32 Å². The van der Waals surface area contributed by atoms with Crippen molar-refractivity contribution in [2.75, 3.05) is 13.2 Å². The average Bonchev–Trinajstić information content (AvgIpc) is 2.36. The SMILES string of the molecule is CC(C)(C)[C@@H](O)CCNC(=O)COc1ccccc1F. The maximum absolute atomic E-state index is 13.2. The summed E-state index contributed by atoms with van der Waals surface area (Å²) in [6.45, 7) is 5.91. The molecule has 0 aliphatic heterocycles. The Bertz CT molecular complexity index is 443. The van der Waals surface area contributed by atoms with Gasteiger partial charge in [0, 0.05) is 6.54 Å². The Hall–Kier alpha value is -1.62. The zero-order valence-electron chi connectivity index (χ0n) is 12.1. The summed E-state index contributed by atoms with van der Waals surface area (Å²) in [5, 5.41) is 12.4. The van der Waals surface area contributed by atoms with Gasteiger partial charge in [0.25, 0.3) is 5.91 Å². The molecular weight excluding hydrogens is 261 g/mol. The number of rotatable bonds is 6. The van der Waals surface area contributed by atoms with E-state index in [-0.39, 0.29) is 23.7 Å². The van der Waals surface area contributed by atoms with E-state index >= 15 is 0 Å². The molecule has 1 aromatic carbocycles. The van der Waals surface area contributed by atoms with Gasteiger partial charge in [-0.05, 0) is 24.0 Å². The number of aliphatic hydroxyl groups excluding tert-OH is 1. The summed E-state index contributed by atoms with van der Waals surface area (Å²) in [5.41, 5.74) is -0.214. The Morgan fingerprint density at radius 2 is 2.05 bits per heavy atom. The van der Waals surface area contributed by atoms with Gasteiger partial charge in [-0.25, -0.2) is 4.39 Å². The number of halogens is 1. The van der Waals surface area contributed by atoms with E-state index < -0.39 is 11.9 Å². The quantitative estimate of drug-likeness (QED) is 0.840. The van der Waals surface area contributed by atoms with Crippen LogP contribution in [0.1, 0.15) is 27.2 Å². The summed E-state index contributed by atoms with van der Waals surface area (Å²) in [5.74, 6) is -0.782. The minimum atomic E-state index is -0.497. The van der Waals surface area contributed by atoms with Crippen molar-refractivity contribution in [2.45, 2.75) is 33.3 Å². The van der Waals surface area contributed by atoms with Crippen molar-refractivity contribution in [3.05, 3.63) is 30.1 Å². The maximum atomic E-state index is 13.2. The predicted octanol–water partition coefficient (Wildman–Crippen LogP) is 2.12. The molecule has 5 heteroatoms. The van der Waals surface area contributed by atoms with Gasteiger partial charge in [0.15, 0.2) is 18.2 Å². The van der Waals surface area contributed by atoms with Crippen LogP contribution in [0.4, 0.5) is 4.39 Å². The number of hydrogen-bond donors (Lipinski definition) is 2. The predicted molar refractivity (Wildman–Crippen MR) is 75.0 cm³/mol. The highest BCUT2D eigenvalue weighted by Gasteiger charge is 2.21. The van der Waals surface area contributed by atoms with Gasteiger partial charge in [0.05, 0.1) is 6.10 Å². The average molecular weight is 283 g/mol. The largest absolute Gasteiger partial charge is 0.481 e. The molecule has 0 aromatic heterocycles. The summed E-state index contributed by atoms with van der Waals surface area (Å²) >= 11 is 0. The number of carbonyl (C=O) groups excluding carboxylic acids is 1. The number of hydrogen-bond acceptors (Lipinski definition) is 3. The van der Waals surface area contributed by atoms with Crippen molar-refractivity contribution in [2.24, 2.45) is 5.41 Å². The second-order valence-corrected chi connectivity index (χ2v) is 5.74. The van der Waals surface area contributed by atoms with Crippen LogP contribution in [-0.2, 0) is 4.79 Å². The molecule has 0 heterocycles. The topological polar surface area (TPSA) is 58.6 Å². The molecule has 0 saturated heterocycles. The van der Waals surface area contributed by atoms with Crippen molar-refractivity contribution in [3.8, 4) is 5.75 Å². The molecular formula is C15H22FNO3. The minimum Gasteiger partial charge on any atom is -0.481 e. The van der Waals surface area contributed by atoms with Crippen LogP contribution in [0, 0.1) is 11.2 Å². The number of ether oxygens (including phenoxy) is 1. The third-order valence-corrected chi connectivity index (χ3v) is 2.94. The van der Waals surface area contributed by atoms with Crippen LogP contribution < -0.4 is 10.1 Å². The van der Waals surface area contributed by atoms with Crippen LogP contribution >= 0.6 is 0 Å². The first-order valence-electron chi connectivity index (χ1n) is 6.63. The molecule has 0 unspecified atom stereocenters. The molecule has 1 amide bonds. The summed E-state index contributed by atoms with van der Waals surface area (Å²) in [4.78, 5) is 11.5. The van der Waals surface area contributed by atoms with Gasteiger partial charge in [0.2, 0.25) is 0 Å². The van der Waals surface area contributed by atoms with Gasteiger partial charge >= 0.3 is 0 Å². The number of benzene rings is 1. The van der Waals surface area contributed by atoms with Crippen molar-refractivity contribution < 1.29 is 19.0 Å². The first kappa shape index (κ1) is 16.4. The van der Waals surface area contributed by atoms with Crippen LogP contribution in [0.2, 0.25) is 0 Å². The molecule has 1 rings (SSSR count). The van der Waals surface area contributed by atoms with E-state index in [0.717, 1.165) is 0 Å². The van der Waals surface area contributed by atoms with Gasteiger partial charge in [0.1, 0.15) is 0 Å². The molecule has 0 saturated carbocycles. The zero-order valence-corrected chi connectivity index (χ0v) is 12.1. The van der Waals surface area contributed by atoms with E-state index in [2.05, 4.69) is 5.32 Å². The molecule has 1 aromatic rings. The summed E-state index contributed by atoms with van der Waals surface area (Å²) in [6.07, 6.45) is -0.0233. The van der Waals surface area contributed by atoms with Crippen LogP contribution in [0.3, 0.4) is 0 Å². The number of amides is 1. The molecule has 20 heavy (non-hydrogen) atoms. The van der Waals surface area contributed by atoms with E-state index in [4.69, 9.17) is 4.74 Å². The fraction of sp³-hybridized carbons (Fsp3) is 0.533. The normalized spacial score (nSPS) is 12.8. The van der Waals surface area contributed by atoms with Crippen LogP contribution in [-0.4, -0.2) is 30.3 Å². The Morgan fingerprint density at radius 3 is 2.65 bits per heavy atom. The number of para-hydroxylation sites is 1. The van der Waals surface area contributed by atoms with Gasteiger partial charge in [-0.2, -0.15) is 0 Å². The molecule has 112 valence electrons. The standard InChI is InChI=1S/C15H22FNO3/c1-15(2,3)13(18)8-9-17-14(19)10-20-12-7-5-4-6-11(12)16/h4-7,13,18H,8-10H2,1-3H3,(H,17,19)/t13-/m0/s1. The van der Waals surface area contributed by atoms with Crippen LogP contribution in [0.15, 0.2) is 24.3 Å². The lowest BCUT2D eigenvalue weighted by atomic mass is 9.87. The maximum Gasteiger partial charge on any atom is 0.257 e. The van der Waals surface area contributed by atoms with Gasteiger partial charge in [-0.1, -0.05) is 32.9 Å². The second-order valence-electron chi connectivity index (χ2n) is 5.74. The van der Waals surface area contributed by atoms with Crippen LogP contribution in [0.5, 0.6) is 5.75 Å². The molecule has 0 aliphatic rings. The van der Waals surface area contributed by atoms with Crippen LogP contribution in [0.25, 0.3) is 0 Å². The third kappa shape index (κ3) is 5.57. The number of carbonyl (C=O) groups is 1. The highest BCUT2D eigenvalue weighted by Crippen LogP contribution is 2.20. The summed E-state index contributed by atoms with van der Waals surface area (Å²) in [6, 6.07) is 5.92. The molecule has 0 bridgehead atoms. The monoisotopic (exact) mass is 283 g/mol. The fourth-order valence-corrected chi connectivity index (χ4v) is 1.54. The van der Waals surface area contributed by atoms with E-state index in [1.54, 1.807) is 12.1 Å².